The van der Waals surface area contributed by atoms with Gasteiger partial charge in [-0.25, -0.2) is 9.37 Å². The van der Waals surface area contributed by atoms with Gasteiger partial charge in [0.1, 0.15) is 36.4 Å². The Hall–Kier alpha value is -3.28. The fourth-order valence-corrected chi connectivity index (χ4v) is 3.95. The number of hydrogen-bond donors (Lipinski definition) is 3. The van der Waals surface area contributed by atoms with Gasteiger partial charge in [0.2, 0.25) is 5.91 Å². The summed E-state index contributed by atoms with van der Waals surface area (Å²) in [6, 6.07) is 8.32. The number of aromatic nitrogens is 3. The second-order valence-corrected chi connectivity index (χ2v) is 7.91. The van der Waals surface area contributed by atoms with Crippen molar-refractivity contribution in [1.82, 2.24) is 20.3 Å². The van der Waals surface area contributed by atoms with Gasteiger partial charge in [-0.2, -0.15) is 4.98 Å². The predicted molar refractivity (Wildman–Crippen MR) is 113 cm³/mol. The van der Waals surface area contributed by atoms with E-state index in [1.807, 2.05) is 0 Å². The minimum atomic E-state index is -0.674. The van der Waals surface area contributed by atoms with E-state index in [0.717, 1.165) is 0 Å². The van der Waals surface area contributed by atoms with Crippen molar-refractivity contribution < 1.29 is 33.2 Å². The molecule has 5 rings (SSSR count). The smallest absolute Gasteiger partial charge is 0.296 e. The molecule has 2 aromatic heterocycles. The van der Waals surface area contributed by atoms with Crippen LogP contribution in [0.25, 0.3) is 22.4 Å². The molecule has 4 heterocycles. The topological polar surface area (TPSA) is 128 Å². The maximum atomic E-state index is 14.8. The van der Waals surface area contributed by atoms with Crippen LogP contribution in [0.3, 0.4) is 0 Å². The summed E-state index contributed by atoms with van der Waals surface area (Å²) < 4.78 is 37.3. The summed E-state index contributed by atoms with van der Waals surface area (Å²) in [5.74, 6) is -0.0369. The number of imidazole rings is 1. The summed E-state index contributed by atoms with van der Waals surface area (Å²) >= 11 is 0. The molecule has 2 aliphatic heterocycles. The summed E-state index contributed by atoms with van der Waals surface area (Å²) in [5, 5.41) is 12.5. The first-order valence-electron chi connectivity index (χ1n) is 10.6. The number of ether oxygens (including phenoxy) is 4. The molecule has 0 bridgehead atoms. The van der Waals surface area contributed by atoms with Gasteiger partial charge in [-0.05, 0) is 24.3 Å². The second kappa shape index (κ2) is 8.93. The summed E-state index contributed by atoms with van der Waals surface area (Å²) in [7, 11) is 0. The first-order valence-corrected chi connectivity index (χ1v) is 10.6. The van der Waals surface area contributed by atoms with Crippen LogP contribution in [0, 0.1) is 5.82 Å². The van der Waals surface area contributed by atoms with E-state index in [1.54, 1.807) is 24.3 Å². The predicted octanol–water partition coefficient (Wildman–Crippen LogP) is 1.18. The fourth-order valence-electron chi connectivity index (χ4n) is 3.95. The summed E-state index contributed by atoms with van der Waals surface area (Å²) in [6.45, 7) is 2.62. The zero-order valence-electron chi connectivity index (χ0n) is 17.8. The van der Waals surface area contributed by atoms with Crippen LogP contribution in [-0.2, 0) is 14.3 Å². The first-order chi connectivity index (χ1) is 16.0. The van der Waals surface area contributed by atoms with Crippen LogP contribution in [0.1, 0.15) is 6.92 Å². The van der Waals surface area contributed by atoms with Gasteiger partial charge < -0.3 is 34.4 Å². The Kier molecular flexibility index (Phi) is 5.83. The Morgan fingerprint density at radius 1 is 1.24 bits per heavy atom. The number of aliphatic hydroxyl groups is 1. The van der Waals surface area contributed by atoms with Crippen molar-refractivity contribution >= 4 is 17.1 Å². The molecule has 2 fully saturated rings. The number of H-pyrrole nitrogens is 1. The van der Waals surface area contributed by atoms with Gasteiger partial charge in [-0.3, -0.25) is 4.79 Å². The number of aromatic amines is 1. The highest BCUT2D eigenvalue weighted by molar-refractivity contribution is 5.76. The molecule has 4 atom stereocenters. The molecule has 0 aliphatic carbocycles. The molecule has 33 heavy (non-hydrogen) atoms. The molecule has 174 valence electrons. The third-order valence-electron chi connectivity index (χ3n) is 5.52. The fraction of sp³-hybridized carbons (Fsp3) is 0.409. The molecule has 0 spiro atoms. The summed E-state index contributed by atoms with van der Waals surface area (Å²) in [4.78, 5) is 22.5. The van der Waals surface area contributed by atoms with Crippen molar-refractivity contribution in [3.8, 4) is 23.0 Å². The molecular formula is C22H23FN4O6. The molecule has 3 N–H and O–H groups in total. The lowest BCUT2D eigenvalue weighted by Gasteiger charge is -2.15. The van der Waals surface area contributed by atoms with E-state index in [-0.39, 0.29) is 36.9 Å². The zero-order chi connectivity index (χ0) is 22.9. The van der Waals surface area contributed by atoms with Gasteiger partial charge in [0.15, 0.2) is 17.6 Å². The lowest BCUT2D eigenvalue weighted by molar-refractivity contribution is -0.119. The normalized spacial score (nSPS) is 24.1. The van der Waals surface area contributed by atoms with Crippen LogP contribution in [0.5, 0.6) is 11.8 Å². The monoisotopic (exact) mass is 458 g/mol. The number of carbonyl (C=O) groups is 1. The van der Waals surface area contributed by atoms with Crippen LogP contribution in [-0.4, -0.2) is 76.7 Å². The first kappa shape index (κ1) is 21.6. The number of benzene rings is 1. The zero-order valence-corrected chi connectivity index (χ0v) is 17.8. The molecule has 2 aliphatic rings. The number of hydrogen-bond acceptors (Lipinski definition) is 8. The third-order valence-corrected chi connectivity index (χ3v) is 5.52. The average Bonchev–Trinajstić information content (AvgIpc) is 3.48. The molecule has 0 unspecified atom stereocenters. The Bertz CT molecular complexity index is 1150. The number of nitrogens with zero attached hydrogens (tertiary/aromatic N) is 2. The van der Waals surface area contributed by atoms with Crippen LogP contribution < -0.4 is 14.8 Å². The van der Waals surface area contributed by atoms with Crippen molar-refractivity contribution in [2.75, 3.05) is 26.4 Å². The third kappa shape index (κ3) is 4.47. The van der Waals surface area contributed by atoms with Crippen LogP contribution in [0.15, 0.2) is 30.3 Å². The Morgan fingerprint density at radius 3 is 2.82 bits per heavy atom. The lowest BCUT2D eigenvalue weighted by atomic mass is 10.1. The van der Waals surface area contributed by atoms with E-state index < -0.39 is 24.1 Å². The SMILES string of the molecule is CC(=O)NCCOc1ccc(-c2nc3nc(O[C@@H]4CO[C@H]5[C@@H]4OC[C@H]5O)[nH]c3cc2F)cc1. The van der Waals surface area contributed by atoms with E-state index in [2.05, 4.69) is 20.3 Å². The van der Waals surface area contributed by atoms with Crippen LogP contribution in [0.2, 0.25) is 0 Å². The highest BCUT2D eigenvalue weighted by Crippen LogP contribution is 2.31. The van der Waals surface area contributed by atoms with E-state index in [1.165, 1.54) is 13.0 Å². The Balaban J connectivity index is 1.28. The number of pyridine rings is 1. The molecule has 10 nitrogen and oxygen atoms in total. The minimum Gasteiger partial charge on any atom is -0.492 e. The molecule has 0 saturated carbocycles. The summed E-state index contributed by atoms with van der Waals surface area (Å²) in [5.41, 5.74) is 1.42. The van der Waals surface area contributed by atoms with Gasteiger partial charge in [0.25, 0.3) is 6.01 Å². The van der Waals surface area contributed by atoms with Crippen molar-refractivity contribution in [2.24, 2.45) is 0 Å². The van der Waals surface area contributed by atoms with E-state index in [4.69, 9.17) is 18.9 Å². The van der Waals surface area contributed by atoms with Gasteiger partial charge in [0, 0.05) is 18.6 Å². The lowest BCUT2D eigenvalue weighted by Crippen LogP contribution is -2.34. The van der Waals surface area contributed by atoms with Gasteiger partial charge >= 0.3 is 0 Å². The number of carbonyl (C=O) groups excluding carboxylic acids is 1. The second-order valence-electron chi connectivity index (χ2n) is 7.91. The average molecular weight is 458 g/mol. The number of nitrogens with one attached hydrogen (secondary N) is 2. The number of amides is 1. The highest BCUT2D eigenvalue weighted by atomic mass is 19.1. The van der Waals surface area contributed by atoms with Crippen LogP contribution >= 0.6 is 0 Å². The maximum Gasteiger partial charge on any atom is 0.296 e. The van der Waals surface area contributed by atoms with Gasteiger partial charge in [0.05, 0.1) is 25.3 Å². The maximum absolute atomic E-state index is 14.8. The molecule has 1 aromatic carbocycles. The summed E-state index contributed by atoms with van der Waals surface area (Å²) in [6.07, 6.45) is -1.91. The molecule has 1 amide bonds. The molecule has 3 aromatic rings. The van der Waals surface area contributed by atoms with Crippen molar-refractivity contribution in [1.29, 1.82) is 0 Å². The highest BCUT2D eigenvalue weighted by Gasteiger charge is 2.48. The van der Waals surface area contributed by atoms with Gasteiger partial charge in [-0.15, -0.1) is 0 Å². The van der Waals surface area contributed by atoms with Gasteiger partial charge in [-0.1, -0.05) is 0 Å². The quantitative estimate of drug-likeness (QED) is 0.451. The number of aliphatic hydroxyl groups excluding tert-OH is 1. The number of rotatable bonds is 7. The largest absolute Gasteiger partial charge is 0.492 e. The van der Waals surface area contributed by atoms with Crippen molar-refractivity contribution in [3.05, 3.63) is 36.1 Å². The van der Waals surface area contributed by atoms with E-state index in [9.17, 15) is 14.3 Å². The van der Waals surface area contributed by atoms with E-state index >= 15 is 0 Å². The van der Waals surface area contributed by atoms with Crippen molar-refractivity contribution in [3.63, 3.8) is 0 Å². The molecular weight excluding hydrogens is 435 g/mol. The Labute approximate surface area is 188 Å². The molecule has 2 saturated heterocycles. The van der Waals surface area contributed by atoms with E-state index in [0.29, 0.717) is 35.6 Å². The Morgan fingerprint density at radius 2 is 2.03 bits per heavy atom. The molecule has 11 heteroatoms. The number of fused-ring (bicyclic) bond motifs is 2. The minimum absolute atomic E-state index is 0.121. The standard InChI is InChI=1S/C22H23FN4O6/c1-11(28)24-6-7-30-13-4-2-12(3-5-13)18-14(23)8-15-21(26-18)27-22(25-15)33-17-10-32-19-16(29)9-31-20(17)19/h2-5,8,16-17,19-20,29H,6-7,9-10H2,1H3,(H,24,28)(H,25,26,27)/t16-,17-,19-,20-/m1/s1. The van der Waals surface area contributed by atoms with Crippen LogP contribution in [0.4, 0.5) is 4.39 Å². The molecule has 0 radical (unpaired) electrons. The number of halogens is 1. The van der Waals surface area contributed by atoms with Crippen molar-refractivity contribution in [2.45, 2.75) is 31.3 Å².